The number of rotatable bonds is 4. The van der Waals surface area contributed by atoms with Gasteiger partial charge in [-0.25, -0.2) is 0 Å². The van der Waals surface area contributed by atoms with E-state index in [4.69, 9.17) is 11.6 Å². The number of carbonyl (C=O) groups is 1. The van der Waals surface area contributed by atoms with Crippen molar-refractivity contribution in [3.8, 4) is 0 Å². The second kappa shape index (κ2) is 7.05. The van der Waals surface area contributed by atoms with Crippen LogP contribution in [0.25, 0.3) is 0 Å². The second-order valence-corrected chi connectivity index (χ2v) is 6.36. The van der Waals surface area contributed by atoms with Crippen molar-refractivity contribution in [1.82, 2.24) is 9.88 Å². The van der Waals surface area contributed by atoms with E-state index in [9.17, 15) is 4.79 Å². The highest BCUT2D eigenvalue weighted by molar-refractivity contribution is 9.10. The van der Waals surface area contributed by atoms with Gasteiger partial charge in [-0.15, -0.1) is 0 Å². The van der Waals surface area contributed by atoms with Crippen LogP contribution >= 0.6 is 27.5 Å². The molecular weight excluding hydrogens is 352 g/mol. The molecule has 0 radical (unpaired) electrons. The minimum atomic E-state index is -0.0566. The van der Waals surface area contributed by atoms with Gasteiger partial charge in [-0.3, -0.25) is 9.78 Å². The van der Waals surface area contributed by atoms with Crippen LogP contribution in [0.2, 0.25) is 5.02 Å². The Morgan fingerprint density at radius 3 is 2.67 bits per heavy atom. The minimum Gasteiger partial charge on any atom is -0.330 e. The molecule has 0 fully saturated rings. The van der Waals surface area contributed by atoms with Gasteiger partial charge in [-0.2, -0.15) is 0 Å². The number of halogens is 2. The van der Waals surface area contributed by atoms with Gasteiger partial charge < -0.3 is 4.90 Å². The summed E-state index contributed by atoms with van der Waals surface area (Å²) in [6, 6.07) is 11.0. The first-order valence-electron chi connectivity index (χ1n) is 6.64. The monoisotopic (exact) mass is 366 g/mol. The molecule has 2 aromatic rings. The molecule has 110 valence electrons. The maximum Gasteiger partial charge on any atom is 0.254 e. The molecule has 0 saturated carbocycles. The lowest BCUT2D eigenvalue weighted by atomic mass is 10.1. The molecule has 0 aliphatic heterocycles. The molecule has 1 aromatic carbocycles. The molecule has 0 bridgehead atoms. The summed E-state index contributed by atoms with van der Waals surface area (Å²) in [4.78, 5) is 18.8. The molecule has 21 heavy (non-hydrogen) atoms. The molecule has 5 heteroatoms. The summed E-state index contributed by atoms with van der Waals surface area (Å²) >= 11 is 9.39. The Bertz CT molecular complexity index is 611. The number of amides is 1. The third-order valence-electron chi connectivity index (χ3n) is 3.05. The second-order valence-electron chi connectivity index (χ2n) is 5.01. The zero-order chi connectivity index (χ0) is 15.4. The largest absolute Gasteiger partial charge is 0.330 e. The van der Waals surface area contributed by atoms with E-state index in [0.29, 0.717) is 17.1 Å². The summed E-state index contributed by atoms with van der Waals surface area (Å²) in [5.41, 5.74) is 1.43. The summed E-state index contributed by atoms with van der Waals surface area (Å²) in [6.07, 6.45) is 1.73. The molecule has 0 spiro atoms. The SMILES string of the molecule is CC(C)N(Cc1ccccn1)C(=O)c1cc(Cl)cc(Br)c1. The van der Waals surface area contributed by atoms with Gasteiger partial charge in [0.1, 0.15) is 0 Å². The maximum atomic E-state index is 12.7. The summed E-state index contributed by atoms with van der Waals surface area (Å²) in [7, 11) is 0. The Morgan fingerprint density at radius 1 is 1.33 bits per heavy atom. The van der Waals surface area contributed by atoms with Crippen molar-refractivity contribution in [2.45, 2.75) is 26.4 Å². The van der Waals surface area contributed by atoms with Crippen LogP contribution in [0.5, 0.6) is 0 Å². The summed E-state index contributed by atoms with van der Waals surface area (Å²) in [5, 5.41) is 0.536. The first-order valence-corrected chi connectivity index (χ1v) is 7.81. The van der Waals surface area contributed by atoms with E-state index < -0.39 is 0 Å². The van der Waals surface area contributed by atoms with Crippen molar-refractivity contribution in [3.63, 3.8) is 0 Å². The first kappa shape index (κ1) is 16.0. The molecule has 0 saturated heterocycles. The fourth-order valence-corrected chi connectivity index (χ4v) is 2.86. The van der Waals surface area contributed by atoms with Crippen molar-refractivity contribution in [2.75, 3.05) is 0 Å². The van der Waals surface area contributed by atoms with E-state index in [0.717, 1.165) is 10.2 Å². The Labute approximate surface area is 138 Å². The fraction of sp³-hybridized carbons (Fsp3) is 0.250. The predicted molar refractivity (Wildman–Crippen MR) is 88.4 cm³/mol. The number of nitrogens with zero attached hydrogens (tertiary/aromatic N) is 2. The van der Waals surface area contributed by atoms with Gasteiger partial charge >= 0.3 is 0 Å². The topological polar surface area (TPSA) is 33.2 Å². The molecule has 2 rings (SSSR count). The molecular formula is C16H16BrClN2O. The Morgan fingerprint density at radius 2 is 2.10 bits per heavy atom. The van der Waals surface area contributed by atoms with Crippen LogP contribution in [-0.4, -0.2) is 21.8 Å². The number of hydrogen-bond acceptors (Lipinski definition) is 2. The van der Waals surface area contributed by atoms with E-state index in [2.05, 4.69) is 20.9 Å². The predicted octanol–water partition coefficient (Wildman–Crippen LogP) is 4.55. The fourth-order valence-electron chi connectivity index (χ4n) is 2.00. The average Bonchev–Trinajstić information content (AvgIpc) is 2.44. The van der Waals surface area contributed by atoms with Crippen LogP contribution in [0, 0.1) is 0 Å². The third-order valence-corrected chi connectivity index (χ3v) is 3.73. The molecule has 1 heterocycles. The van der Waals surface area contributed by atoms with E-state index in [1.165, 1.54) is 0 Å². The van der Waals surface area contributed by atoms with Crippen LogP contribution in [0.4, 0.5) is 0 Å². The van der Waals surface area contributed by atoms with Crippen LogP contribution in [0.3, 0.4) is 0 Å². The molecule has 0 aliphatic carbocycles. The Balaban J connectivity index is 2.27. The van der Waals surface area contributed by atoms with Crippen molar-refractivity contribution >= 4 is 33.4 Å². The van der Waals surface area contributed by atoms with Gasteiger partial charge in [0.15, 0.2) is 0 Å². The molecule has 3 nitrogen and oxygen atoms in total. The lowest BCUT2D eigenvalue weighted by molar-refractivity contribution is 0.0687. The Hall–Kier alpha value is -1.39. The van der Waals surface area contributed by atoms with Gasteiger partial charge in [0, 0.05) is 27.3 Å². The normalized spacial score (nSPS) is 10.7. The van der Waals surface area contributed by atoms with Crippen LogP contribution in [-0.2, 0) is 6.54 Å². The van der Waals surface area contributed by atoms with Crippen LogP contribution < -0.4 is 0 Å². The zero-order valence-electron chi connectivity index (χ0n) is 11.9. The molecule has 0 atom stereocenters. The summed E-state index contributed by atoms with van der Waals surface area (Å²) in [6.45, 7) is 4.45. The van der Waals surface area contributed by atoms with Gasteiger partial charge in [0.05, 0.1) is 12.2 Å². The summed E-state index contributed by atoms with van der Waals surface area (Å²) < 4.78 is 0.792. The highest BCUT2D eigenvalue weighted by Gasteiger charge is 2.20. The molecule has 1 aromatic heterocycles. The quantitative estimate of drug-likeness (QED) is 0.794. The lowest BCUT2D eigenvalue weighted by Gasteiger charge is -2.26. The van der Waals surface area contributed by atoms with E-state index in [1.807, 2.05) is 32.0 Å². The zero-order valence-corrected chi connectivity index (χ0v) is 14.2. The van der Waals surface area contributed by atoms with Crippen molar-refractivity contribution in [2.24, 2.45) is 0 Å². The van der Waals surface area contributed by atoms with E-state index in [-0.39, 0.29) is 11.9 Å². The Kier molecular flexibility index (Phi) is 5.37. The number of carbonyl (C=O) groups excluding carboxylic acids is 1. The van der Waals surface area contributed by atoms with Crippen LogP contribution in [0.1, 0.15) is 29.9 Å². The van der Waals surface area contributed by atoms with Crippen molar-refractivity contribution < 1.29 is 4.79 Å². The van der Waals surface area contributed by atoms with E-state index in [1.54, 1.807) is 29.3 Å². The van der Waals surface area contributed by atoms with Gasteiger partial charge in [0.2, 0.25) is 0 Å². The van der Waals surface area contributed by atoms with E-state index >= 15 is 0 Å². The number of aromatic nitrogens is 1. The smallest absolute Gasteiger partial charge is 0.254 e. The summed E-state index contributed by atoms with van der Waals surface area (Å²) in [5.74, 6) is -0.0566. The number of benzene rings is 1. The first-order chi connectivity index (χ1) is 9.97. The molecule has 0 N–H and O–H groups in total. The van der Waals surface area contributed by atoms with Gasteiger partial charge in [-0.1, -0.05) is 33.6 Å². The average molecular weight is 368 g/mol. The van der Waals surface area contributed by atoms with Crippen LogP contribution in [0.15, 0.2) is 47.1 Å². The van der Waals surface area contributed by atoms with Gasteiger partial charge in [-0.05, 0) is 44.2 Å². The molecule has 0 unspecified atom stereocenters. The minimum absolute atomic E-state index is 0.0566. The highest BCUT2D eigenvalue weighted by atomic mass is 79.9. The molecule has 0 aliphatic rings. The standard InChI is InChI=1S/C16H16BrClN2O/c1-11(2)20(10-15-5-3-4-6-19-15)16(21)12-7-13(17)9-14(18)8-12/h3-9,11H,10H2,1-2H3. The third kappa shape index (κ3) is 4.29. The number of pyridine rings is 1. The van der Waals surface area contributed by atoms with Crippen molar-refractivity contribution in [3.05, 3.63) is 63.3 Å². The van der Waals surface area contributed by atoms with Crippen molar-refractivity contribution in [1.29, 1.82) is 0 Å². The highest BCUT2D eigenvalue weighted by Crippen LogP contribution is 2.22. The molecule has 1 amide bonds. The lowest BCUT2D eigenvalue weighted by Crippen LogP contribution is -2.36. The number of hydrogen-bond donors (Lipinski definition) is 0. The van der Waals surface area contributed by atoms with Gasteiger partial charge in [0.25, 0.3) is 5.91 Å². The maximum absolute atomic E-state index is 12.7.